The predicted octanol–water partition coefficient (Wildman–Crippen LogP) is 4.22. The second-order valence-electron chi connectivity index (χ2n) is 6.18. The molecule has 2 aromatic rings. The molecular formula is C20H24ClN3O3. The summed E-state index contributed by atoms with van der Waals surface area (Å²) in [5, 5.41) is 6.16. The Morgan fingerprint density at radius 2 is 1.81 bits per heavy atom. The van der Waals surface area contributed by atoms with E-state index in [1.54, 1.807) is 12.1 Å². The third kappa shape index (κ3) is 5.69. The van der Waals surface area contributed by atoms with Crippen LogP contribution in [0.25, 0.3) is 0 Å². The van der Waals surface area contributed by atoms with Crippen molar-refractivity contribution in [3.8, 4) is 5.75 Å². The van der Waals surface area contributed by atoms with Crippen LogP contribution in [0, 0.1) is 6.92 Å². The van der Waals surface area contributed by atoms with Crippen molar-refractivity contribution in [3.05, 3.63) is 52.3 Å². The molecule has 0 radical (unpaired) electrons. The van der Waals surface area contributed by atoms with E-state index in [0.717, 1.165) is 24.8 Å². The van der Waals surface area contributed by atoms with Crippen LogP contribution in [-0.4, -0.2) is 30.5 Å². The number of hydrogen-bond donors (Lipinski definition) is 2. The molecule has 0 aliphatic heterocycles. The second kappa shape index (κ2) is 9.92. The highest BCUT2D eigenvalue weighted by Crippen LogP contribution is 2.31. The number of halogens is 1. The summed E-state index contributed by atoms with van der Waals surface area (Å²) in [6.07, 6.45) is 5.92. The van der Waals surface area contributed by atoms with Gasteiger partial charge in [0, 0.05) is 30.0 Å². The highest BCUT2D eigenvalue weighted by molar-refractivity contribution is 6.31. The minimum atomic E-state index is -0.386. The lowest BCUT2D eigenvalue weighted by atomic mass is 10.1. The lowest BCUT2D eigenvalue weighted by molar-refractivity contribution is 0.0952. The number of pyridine rings is 1. The monoisotopic (exact) mass is 389 g/mol. The molecule has 0 saturated carbocycles. The van der Waals surface area contributed by atoms with Crippen molar-refractivity contribution in [2.45, 2.75) is 33.1 Å². The molecule has 0 fully saturated rings. The van der Waals surface area contributed by atoms with Crippen LogP contribution in [0.5, 0.6) is 5.75 Å². The maximum absolute atomic E-state index is 12.6. The summed E-state index contributed by atoms with van der Waals surface area (Å²) in [5.74, 6) is -0.173. The van der Waals surface area contributed by atoms with Gasteiger partial charge in [0.25, 0.3) is 11.8 Å². The fraction of sp³-hybridized carbons (Fsp3) is 0.350. The molecule has 0 atom stereocenters. The molecule has 1 heterocycles. The largest absolute Gasteiger partial charge is 0.495 e. The first-order valence-corrected chi connectivity index (χ1v) is 9.22. The Morgan fingerprint density at radius 1 is 1.11 bits per heavy atom. The average molecular weight is 390 g/mol. The molecule has 144 valence electrons. The van der Waals surface area contributed by atoms with Crippen molar-refractivity contribution in [2.75, 3.05) is 19.0 Å². The van der Waals surface area contributed by atoms with Gasteiger partial charge in [0.15, 0.2) is 0 Å². The van der Waals surface area contributed by atoms with Gasteiger partial charge >= 0.3 is 0 Å². The minimum absolute atomic E-state index is 0.242. The number of aryl methyl sites for hydroxylation is 1. The molecule has 2 amide bonds. The van der Waals surface area contributed by atoms with E-state index in [4.69, 9.17) is 16.3 Å². The van der Waals surface area contributed by atoms with Crippen LogP contribution in [0.4, 0.5) is 5.69 Å². The number of anilines is 1. The van der Waals surface area contributed by atoms with Gasteiger partial charge in [0.05, 0.1) is 23.9 Å². The zero-order valence-corrected chi connectivity index (χ0v) is 16.5. The molecule has 0 unspecified atom stereocenters. The number of benzene rings is 1. The van der Waals surface area contributed by atoms with E-state index < -0.39 is 0 Å². The Labute approximate surface area is 164 Å². The van der Waals surface area contributed by atoms with E-state index in [0.29, 0.717) is 28.6 Å². The Morgan fingerprint density at radius 3 is 2.48 bits per heavy atom. The van der Waals surface area contributed by atoms with Crippen molar-refractivity contribution in [3.63, 3.8) is 0 Å². The second-order valence-corrected chi connectivity index (χ2v) is 6.59. The van der Waals surface area contributed by atoms with Crippen LogP contribution in [0.3, 0.4) is 0 Å². The van der Waals surface area contributed by atoms with Crippen molar-refractivity contribution in [1.82, 2.24) is 10.3 Å². The van der Waals surface area contributed by atoms with E-state index in [2.05, 4.69) is 22.5 Å². The summed E-state index contributed by atoms with van der Waals surface area (Å²) in [4.78, 5) is 28.8. The number of hydrogen-bond acceptors (Lipinski definition) is 4. The number of carbonyl (C=O) groups excluding carboxylic acids is 2. The van der Waals surface area contributed by atoms with E-state index in [9.17, 15) is 9.59 Å². The molecule has 7 heteroatoms. The molecule has 27 heavy (non-hydrogen) atoms. The smallest absolute Gasteiger partial charge is 0.257 e. The summed E-state index contributed by atoms with van der Waals surface area (Å²) >= 11 is 6.09. The standard InChI is InChI=1S/C20H24ClN3O3/c1-4-5-6-7-23-19(25)14-9-15(12-22-11-14)20(26)24-17-8-13(2)16(21)10-18(17)27-3/h8-12H,4-7H2,1-3H3,(H,23,25)(H,24,26). The lowest BCUT2D eigenvalue weighted by Gasteiger charge is -2.12. The topological polar surface area (TPSA) is 80.3 Å². The minimum Gasteiger partial charge on any atom is -0.495 e. The first-order valence-electron chi connectivity index (χ1n) is 8.85. The van der Waals surface area contributed by atoms with Gasteiger partial charge in [-0.25, -0.2) is 0 Å². The normalized spacial score (nSPS) is 10.4. The van der Waals surface area contributed by atoms with Crippen molar-refractivity contribution < 1.29 is 14.3 Å². The number of aromatic nitrogens is 1. The molecule has 0 saturated heterocycles. The first-order chi connectivity index (χ1) is 13.0. The molecule has 0 spiro atoms. The van der Waals surface area contributed by atoms with Crippen LogP contribution in [0.1, 0.15) is 52.5 Å². The van der Waals surface area contributed by atoms with Gasteiger partial charge in [0.1, 0.15) is 5.75 Å². The third-order valence-electron chi connectivity index (χ3n) is 4.06. The first kappa shape index (κ1) is 20.7. The van der Waals surface area contributed by atoms with Gasteiger partial charge in [-0.2, -0.15) is 0 Å². The van der Waals surface area contributed by atoms with E-state index >= 15 is 0 Å². The Hall–Kier alpha value is -2.60. The molecular weight excluding hydrogens is 366 g/mol. The molecule has 0 aliphatic rings. The van der Waals surface area contributed by atoms with Gasteiger partial charge in [-0.1, -0.05) is 31.4 Å². The summed E-state index contributed by atoms with van der Waals surface area (Å²) < 4.78 is 5.27. The predicted molar refractivity (Wildman–Crippen MR) is 107 cm³/mol. The molecule has 6 nitrogen and oxygen atoms in total. The maximum atomic E-state index is 12.6. The van der Waals surface area contributed by atoms with Crippen LogP contribution in [-0.2, 0) is 0 Å². The number of nitrogens with zero attached hydrogens (tertiary/aromatic N) is 1. The van der Waals surface area contributed by atoms with Crippen LogP contribution < -0.4 is 15.4 Å². The van der Waals surface area contributed by atoms with Gasteiger partial charge < -0.3 is 15.4 Å². The number of rotatable bonds is 8. The summed E-state index contributed by atoms with van der Waals surface area (Å²) in [6, 6.07) is 4.90. The van der Waals surface area contributed by atoms with Crippen LogP contribution in [0.15, 0.2) is 30.6 Å². The van der Waals surface area contributed by atoms with Gasteiger partial charge in [-0.05, 0) is 31.0 Å². The lowest BCUT2D eigenvalue weighted by Crippen LogP contribution is -2.25. The number of amides is 2. The molecule has 1 aromatic carbocycles. The third-order valence-corrected chi connectivity index (χ3v) is 4.46. The van der Waals surface area contributed by atoms with Gasteiger partial charge in [-0.15, -0.1) is 0 Å². The molecule has 2 rings (SSSR count). The fourth-order valence-corrected chi connectivity index (χ4v) is 2.65. The SMILES string of the molecule is CCCCCNC(=O)c1cncc(C(=O)Nc2cc(C)c(Cl)cc2OC)c1. The van der Waals surface area contributed by atoms with Crippen molar-refractivity contribution >= 4 is 29.1 Å². The summed E-state index contributed by atoms with van der Waals surface area (Å²) in [5.41, 5.74) is 1.94. The number of methoxy groups -OCH3 is 1. The fourth-order valence-electron chi connectivity index (χ4n) is 2.49. The van der Waals surface area contributed by atoms with E-state index in [1.165, 1.54) is 25.6 Å². The van der Waals surface area contributed by atoms with Gasteiger partial charge in [-0.3, -0.25) is 14.6 Å². The molecule has 0 aliphatic carbocycles. The Kier molecular flexibility index (Phi) is 7.61. The number of unbranched alkanes of at least 4 members (excludes halogenated alkanes) is 2. The summed E-state index contributed by atoms with van der Waals surface area (Å²) in [7, 11) is 1.50. The van der Waals surface area contributed by atoms with Crippen molar-refractivity contribution in [1.29, 1.82) is 0 Å². The maximum Gasteiger partial charge on any atom is 0.257 e. The quantitative estimate of drug-likeness (QED) is 0.662. The number of ether oxygens (including phenoxy) is 1. The van der Waals surface area contributed by atoms with E-state index in [-0.39, 0.29) is 17.4 Å². The average Bonchev–Trinajstić information content (AvgIpc) is 2.67. The van der Waals surface area contributed by atoms with Crippen LogP contribution >= 0.6 is 11.6 Å². The number of nitrogens with one attached hydrogen (secondary N) is 2. The highest BCUT2D eigenvalue weighted by atomic mass is 35.5. The Balaban J connectivity index is 2.11. The zero-order valence-electron chi connectivity index (χ0n) is 15.8. The van der Waals surface area contributed by atoms with Crippen LogP contribution in [0.2, 0.25) is 5.02 Å². The zero-order chi connectivity index (χ0) is 19.8. The van der Waals surface area contributed by atoms with E-state index in [1.807, 2.05) is 6.92 Å². The highest BCUT2D eigenvalue weighted by Gasteiger charge is 2.14. The summed E-state index contributed by atoms with van der Waals surface area (Å²) in [6.45, 7) is 4.54. The molecule has 0 bridgehead atoms. The van der Waals surface area contributed by atoms with Gasteiger partial charge in [0.2, 0.25) is 0 Å². The molecule has 1 aromatic heterocycles. The Bertz CT molecular complexity index is 824. The van der Waals surface area contributed by atoms with Crippen molar-refractivity contribution in [2.24, 2.45) is 0 Å². The number of carbonyl (C=O) groups is 2. The molecule has 2 N–H and O–H groups in total.